The van der Waals surface area contributed by atoms with Gasteiger partial charge in [0.15, 0.2) is 10.6 Å². The lowest BCUT2D eigenvalue weighted by molar-refractivity contribution is 0.261. The molecule has 1 aliphatic carbocycles. The molecule has 0 saturated heterocycles. The van der Waals surface area contributed by atoms with Crippen LogP contribution >= 0.6 is 12.2 Å². The van der Waals surface area contributed by atoms with Crippen molar-refractivity contribution in [2.75, 3.05) is 0 Å². The number of fused-ring (bicyclic) bond motifs is 1. The molecule has 3 rings (SSSR count). The molecule has 114 valence electrons. The van der Waals surface area contributed by atoms with Gasteiger partial charge in [0.05, 0.1) is 5.52 Å². The number of aromatic amines is 1. The molecule has 1 fully saturated rings. The van der Waals surface area contributed by atoms with E-state index in [0.717, 1.165) is 24.9 Å². The lowest BCUT2D eigenvalue weighted by atomic mass is 9.81. The maximum Gasteiger partial charge on any atom is 0.178 e. The fraction of sp³-hybridized carbons (Fsp3) is 0.562. The number of aromatic nitrogens is 2. The molecule has 1 N–H and O–H groups in total. The third kappa shape index (κ3) is 3.03. The number of hydrogen-bond donors (Lipinski definition) is 1. The van der Waals surface area contributed by atoms with Crippen molar-refractivity contribution < 1.29 is 8.78 Å². The summed E-state index contributed by atoms with van der Waals surface area (Å²) in [7, 11) is 0. The van der Waals surface area contributed by atoms with Crippen molar-refractivity contribution in [2.45, 2.75) is 45.6 Å². The minimum absolute atomic E-state index is 0.304. The van der Waals surface area contributed by atoms with Gasteiger partial charge in [-0.05, 0) is 43.0 Å². The van der Waals surface area contributed by atoms with Crippen LogP contribution in [0, 0.1) is 28.2 Å². The molecule has 2 unspecified atom stereocenters. The van der Waals surface area contributed by atoms with Gasteiger partial charge in [0.1, 0.15) is 11.3 Å². The number of imidazole rings is 1. The summed E-state index contributed by atoms with van der Waals surface area (Å²) < 4.78 is 29.5. The van der Waals surface area contributed by atoms with Gasteiger partial charge in [-0.15, -0.1) is 0 Å². The lowest BCUT2D eigenvalue weighted by Crippen LogP contribution is -2.15. The maximum atomic E-state index is 13.8. The molecule has 1 aromatic carbocycles. The maximum absolute atomic E-state index is 13.8. The number of aryl methyl sites for hydroxylation is 1. The zero-order chi connectivity index (χ0) is 15.0. The highest BCUT2D eigenvalue weighted by atomic mass is 32.1. The number of hydrogen-bond acceptors (Lipinski definition) is 1. The average Bonchev–Trinajstić information content (AvgIpc) is 2.73. The molecule has 0 bridgehead atoms. The number of benzene rings is 1. The molecule has 1 saturated carbocycles. The number of nitrogens with zero attached hydrogens (tertiary/aromatic N) is 1. The van der Waals surface area contributed by atoms with E-state index in [2.05, 4.69) is 11.9 Å². The zero-order valence-corrected chi connectivity index (χ0v) is 13.0. The van der Waals surface area contributed by atoms with Crippen LogP contribution in [0.1, 0.15) is 39.0 Å². The van der Waals surface area contributed by atoms with E-state index in [1.54, 1.807) is 0 Å². The first kappa shape index (κ1) is 14.7. The van der Waals surface area contributed by atoms with Crippen molar-refractivity contribution >= 4 is 23.3 Å². The molecule has 1 heterocycles. The van der Waals surface area contributed by atoms with Crippen molar-refractivity contribution in [3.05, 3.63) is 28.5 Å². The van der Waals surface area contributed by atoms with Gasteiger partial charge in [-0.2, -0.15) is 0 Å². The SMILES string of the molecule is CC1CCCC(CCn2c(=S)[nH]c3c(F)cc(F)cc32)C1. The summed E-state index contributed by atoms with van der Waals surface area (Å²) in [5, 5.41) is 0. The Balaban J connectivity index is 1.83. The standard InChI is InChI=1S/C16H20F2N2S/c1-10-3-2-4-11(7-10)5-6-20-14-9-12(17)8-13(18)15(14)19-16(20)21/h8-11H,2-7H2,1H3,(H,19,21). The Morgan fingerprint density at radius 1 is 1.33 bits per heavy atom. The molecule has 0 spiro atoms. The average molecular weight is 310 g/mol. The largest absolute Gasteiger partial charge is 0.328 e. The van der Waals surface area contributed by atoms with E-state index >= 15 is 0 Å². The molecule has 0 aliphatic heterocycles. The Labute approximate surface area is 128 Å². The van der Waals surface area contributed by atoms with Gasteiger partial charge in [-0.25, -0.2) is 8.78 Å². The van der Waals surface area contributed by atoms with Gasteiger partial charge >= 0.3 is 0 Å². The summed E-state index contributed by atoms with van der Waals surface area (Å²) in [6.45, 7) is 3.02. The predicted molar refractivity (Wildman–Crippen MR) is 82.8 cm³/mol. The quantitative estimate of drug-likeness (QED) is 0.773. The van der Waals surface area contributed by atoms with Crippen molar-refractivity contribution in [3.8, 4) is 0 Å². The van der Waals surface area contributed by atoms with E-state index in [9.17, 15) is 8.78 Å². The Hall–Kier alpha value is -1.23. The smallest absolute Gasteiger partial charge is 0.178 e. The molecule has 5 heteroatoms. The molecule has 0 amide bonds. The molecular formula is C16H20F2N2S. The highest BCUT2D eigenvalue weighted by molar-refractivity contribution is 7.71. The Morgan fingerprint density at radius 2 is 2.14 bits per heavy atom. The first-order valence-electron chi connectivity index (χ1n) is 7.62. The van der Waals surface area contributed by atoms with Crippen molar-refractivity contribution in [1.29, 1.82) is 0 Å². The normalized spacial score (nSPS) is 22.8. The van der Waals surface area contributed by atoms with Crippen molar-refractivity contribution in [3.63, 3.8) is 0 Å². The van der Waals surface area contributed by atoms with E-state index in [1.165, 1.54) is 31.7 Å². The van der Waals surface area contributed by atoms with Crippen LogP contribution in [-0.2, 0) is 6.54 Å². The Kier molecular flexibility index (Phi) is 4.11. The Bertz CT molecular complexity index is 704. The first-order valence-corrected chi connectivity index (χ1v) is 8.03. The molecule has 21 heavy (non-hydrogen) atoms. The lowest BCUT2D eigenvalue weighted by Gasteiger charge is -2.26. The van der Waals surface area contributed by atoms with Crippen LogP contribution in [0.15, 0.2) is 12.1 Å². The molecule has 0 radical (unpaired) electrons. The van der Waals surface area contributed by atoms with Gasteiger partial charge < -0.3 is 9.55 Å². The van der Waals surface area contributed by atoms with E-state index in [0.29, 0.717) is 21.7 Å². The monoisotopic (exact) mass is 310 g/mol. The van der Waals surface area contributed by atoms with Crippen LogP contribution in [0.4, 0.5) is 8.78 Å². The fourth-order valence-electron chi connectivity index (χ4n) is 3.54. The van der Waals surface area contributed by atoms with Crippen molar-refractivity contribution in [2.24, 2.45) is 11.8 Å². The minimum Gasteiger partial charge on any atom is -0.328 e. The zero-order valence-electron chi connectivity index (χ0n) is 12.2. The van der Waals surface area contributed by atoms with Gasteiger partial charge in [0.25, 0.3) is 0 Å². The Morgan fingerprint density at radius 3 is 2.90 bits per heavy atom. The molecule has 2 aromatic rings. The van der Waals surface area contributed by atoms with E-state index in [-0.39, 0.29) is 0 Å². The van der Waals surface area contributed by atoms with E-state index in [1.807, 2.05) is 4.57 Å². The van der Waals surface area contributed by atoms with Crippen LogP contribution in [0.3, 0.4) is 0 Å². The summed E-state index contributed by atoms with van der Waals surface area (Å²) in [5.41, 5.74) is 0.833. The summed E-state index contributed by atoms with van der Waals surface area (Å²) in [6.07, 6.45) is 6.12. The number of nitrogens with one attached hydrogen (secondary N) is 1. The van der Waals surface area contributed by atoms with E-state index in [4.69, 9.17) is 12.2 Å². The number of rotatable bonds is 3. The van der Waals surface area contributed by atoms with Crippen molar-refractivity contribution in [1.82, 2.24) is 9.55 Å². The number of H-pyrrole nitrogens is 1. The van der Waals surface area contributed by atoms with Gasteiger partial charge in [-0.1, -0.05) is 26.2 Å². The molecule has 2 nitrogen and oxygen atoms in total. The molecule has 1 aromatic heterocycles. The third-order valence-electron chi connectivity index (χ3n) is 4.61. The molecular weight excluding hydrogens is 290 g/mol. The highest BCUT2D eigenvalue weighted by Crippen LogP contribution is 2.31. The summed E-state index contributed by atoms with van der Waals surface area (Å²) in [4.78, 5) is 2.86. The second-order valence-corrected chi connectivity index (χ2v) is 6.68. The van der Waals surface area contributed by atoms with Crippen LogP contribution in [-0.4, -0.2) is 9.55 Å². The van der Waals surface area contributed by atoms with Crippen LogP contribution < -0.4 is 0 Å². The predicted octanol–water partition coefficient (Wildman–Crippen LogP) is 5.19. The first-order chi connectivity index (χ1) is 10.0. The highest BCUT2D eigenvalue weighted by Gasteiger charge is 2.19. The molecule has 2 atom stereocenters. The summed E-state index contributed by atoms with van der Waals surface area (Å²) in [6, 6.07) is 2.25. The van der Waals surface area contributed by atoms with Crippen LogP contribution in [0.2, 0.25) is 0 Å². The number of halogens is 2. The second kappa shape index (κ2) is 5.87. The van der Waals surface area contributed by atoms with Crippen LogP contribution in [0.25, 0.3) is 11.0 Å². The second-order valence-electron chi connectivity index (χ2n) is 6.29. The molecule has 1 aliphatic rings. The fourth-order valence-corrected chi connectivity index (χ4v) is 3.83. The van der Waals surface area contributed by atoms with Gasteiger partial charge in [0.2, 0.25) is 0 Å². The van der Waals surface area contributed by atoms with Crippen LogP contribution in [0.5, 0.6) is 0 Å². The third-order valence-corrected chi connectivity index (χ3v) is 4.93. The minimum atomic E-state index is -0.582. The van der Waals surface area contributed by atoms with Gasteiger partial charge in [-0.3, -0.25) is 0 Å². The summed E-state index contributed by atoms with van der Waals surface area (Å²) in [5.74, 6) is 0.337. The topological polar surface area (TPSA) is 20.7 Å². The van der Waals surface area contributed by atoms with Gasteiger partial charge in [0, 0.05) is 12.6 Å². The van der Waals surface area contributed by atoms with E-state index < -0.39 is 11.6 Å². The summed E-state index contributed by atoms with van der Waals surface area (Å²) >= 11 is 5.26.